The lowest BCUT2D eigenvalue weighted by atomic mass is 9.99. The SMILES string of the molecule is CN=C(NCc1ccc2c(c1)CCCN2C)NCC1CN(CC(C)C)CCO1.I. The quantitative estimate of drug-likeness (QED) is 0.347. The Hall–Kier alpha value is -1.06. The van der Waals surface area contributed by atoms with Crippen molar-refractivity contribution in [2.75, 3.05) is 58.3 Å². The Balaban J connectivity index is 0.00000300. The number of aryl methyl sites for hydroxylation is 1. The third kappa shape index (κ3) is 7.29. The number of hydrogen-bond donors (Lipinski definition) is 2. The molecule has 1 aromatic carbocycles. The molecule has 0 amide bonds. The summed E-state index contributed by atoms with van der Waals surface area (Å²) in [5.41, 5.74) is 4.13. The molecule has 2 aliphatic rings. The highest BCUT2D eigenvalue weighted by Gasteiger charge is 2.21. The summed E-state index contributed by atoms with van der Waals surface area (Å²) in [5, 5.41) is 6.87. The van der Waals surface area contributed by atoms with Gasteiger partial charge in [-0.2, -0.15) is 0 Å². The van der Waals surface area contributed by atoms with Gasteiger partial charge in [0.25, 0.3) is 0 Å². The van der Waals surface area contributed by atoms with Gasteiger partial charge in [-0.15, -0.1) is 24.0 Å². The number of guanidine groups is 1. The molecule has 1 aromatic rings. The minimum Gasteiger partial charge on any atom is -0.374 e. The van der Waals surface area contributed by atoms with E-state index in [-0.39, 0.29) is 30.1 Å². The predicted molar refractivity (Wildman–Crippen MR) is 133 cm³/mol. The highest BCUT2D eigenvalue weighted by molar-refractivity contribution is 14.0. The van der Waals surface area contributed by atoms with Gasteiger partial charge in [0.1, 0.15) is 0 Å². The zero-order chi connectivity index (χ0) is 19.9. The third-order valence-electron chi connectivity index (χ3n) is 5.52. The summed E-state index contributed by atoms with van der Waals surface area (Å²) in [7, 11) is 4.00. The van der Waals surface area contributed by atoms with E-state index in [1.54, 1.807) is 0 Å². The second-order valence-corrected chi connectivity index (χ2v) is 8.44. The van der Waals surface area contributed by atoms with Gasteiger partial charge in [0.2, 0.25) is 0 Å². The number of benzene rings is 1. The fourth-order valence-corrected chi connectivity index (χ4v) is 4.15. The van der Waals surface area contributed by atoms with Crippen molar-refractivity contribution in [3.8, 4) is 0 Å². The van der Waals surface area contributed by atoms with Crippen LogP contribution in [0, 0.1) is 5.92 Å². The van der Waals surface area contributed by atoms with Crippen LogP contribution in [0.2, 0.25) is 0 Å². The molecule has 0 radical (unpaired) electrons. The van der Waals surface area contributed by atoms with E-state index < -0.39 is 0 Å². The van der Waals surface area contributed by atoms with Gasteiger partial charge in [-0.05, 0) is 36.0 Å². The molecule has 29 heavy (non-hydrogen) atoms. The number of nitrogens with one attached hydrogen (secondary N) is 2. The molecule has 0 saturated carbocycles. The lowest BCUT2D eigenvalue weighted by Gasteiger charge is -2.34. The Labute approximate surface area is 193 Å². The van der Waals surface area contributed by atoms with Crippen LogP contribution in [0.5, 0.6) is 0 Å². The molecule has 164 valence electrons. The zero-order valence-electron chi connectivity index (χ0n) is 18.4. The van der Waals surface area contributed by atoms with E-state index in [9.17, 15) is 0 Å². The molecule has 1 saturated heterocycles. The summed E-state index contributed by atoms with van der Waals surface area (Å²) >= 11 is 0. The van der Waals surface area contributed by atoms with Crippen molar-refractivity contribution in [1.29, 1.82) is 0 Å². The number of ether oxygens (including phenoxy) is 1. The predicted octanol–water partition coefficient (Wildman–Crippen LogP) is 2.71. The van der Waals surface area contributed by atoms with Crippen LogP contribution in [0.4, 0.5) is 5.69 Å². The highest BCUT2D eigenvalue weighted by Crippen LogP contribution is 2.26. The second kappa shape index (κ2) is 12.0. The molecule has 6 nitrogen and oxygen atoms in total. The van der Waals surface area contributed by atoms with E-state index in [2.05, 4.69) is 64.5 Å². The first kappa shape index (κ1) is 24.2. The summed E-state index contributed by atoms with van der Waals surface area (Å²) < 4.78 is 5.93. The van der Waals surface area contributed by atoms with Crippen molar-refractivity contribution in [3.63, 3.8) is 0 Å². The number of nitrogens with zero attached hydrogens (tertiary/aromatic N) is 3. The number of aliphatic imine (C=N–C) groups is 1. The van der Waals surface area contributed by atoms with Crippen LogP contribution in [0.3, 0.4) is 0 Å². The molecule has 2 heterocycles. The van der Waals surface area contributed by atoms with Crippen molar-refractivity contribution < 1.29 is 4.74 Å². The van der Waals surface area contributed by atoms with Crippen molar-refractivity contribution in [1.82, 2.24) is 15.5 Å². The van der Waals surface area contributed by atoms with Crippen molar-refractivity contribution in [2.24, 2.45) is 10.9 Å². The molecule has 0 bridgehead atoms. The maximum atomic E-state index is 5.93. The molecule has 2 aliphatic heterocycles. The number of anilines is 1. The van der Waals surface area contributed by atoms with Gasteiger partial charge in [-0.3, -0.25) is 9.89 Å². The summed E-state index contributed by atoms with van der Waals surface area (Å²) in [4.78, 5) is 9.22. The van der Waals surface area contributed by atoms with E-state index >= 15 is 0 Å². The summed E-state index contributed by atoms with van der Waals surface area (Å²) in [6.45, 7) is 11.2. The van der Waals surface area contributed by atoms with E-state index in [1.807, 2.05) is 7.05 Å². The molecular formula is C22H38IN5O. The molecule has 7 heteroatoms. The third-order valence-corrected chi connectivity index (χ3v) is 5.52. The van der Waals surface area contributed by atoms with E-state index in [0.29, 0.717) is 5.92 Å². The summed E-state index contributed by atoms with van der Waals surface area (Å²) in [6.07, 6.45) is 2.62. The first-order valence-electron chi connectivity index (χ1n) is 10.7. The van der Waals surface area contributed by atoms with Crippen molar-refractivity contribution in [3.05, 3.63) is 29.3 Å². The summed E-state index contributed by atoms with van der Waals surface area (Å²) in [6, 6.07) is 6.80. The van der Waals surface area contributed by atoms with Crippen LogP contribution in [-0.4, -0.2) is 70.4 Å². The van der Waals surface area contributed by atoms with E-state index in [1.165, 1.54) is 29.7 Å². The van der Waals surface area contributed by atoms with Crippen LogP contribution in [0.25, 0.3) is 0 Å². The topological polar surface area (TPSA) is 52.1 Å². The minimum absolute atomic E-state index is 0. The Kier molecular flexibility index (Phi) is 9.98. The molecule has 3 rings (SSSR count). The van der Waals surface area contributed by atoms with Gasteiger partial charge < -0.3 is 20.3 Å². The molecular weight excluding hydrogens is 477 g/mol. The first-order valence-corrected chi connectivity index (χ1v) is 10.7. The first-order chi connectivity index (χ1) is 13.5. The maximum absolute atomic E-state index is 5.93. The Morgan fingerprint density at radius 2 is 2.10 bits per heavy atom. The van der Waals surface area contributed by atoms with Crippen LogP contribution in [0.15, 0.2) is 23.2 Å². The number of morpholine rings is 1. The molecule has 2 N–H and O–H groups in total. The molecule has 0 aromatic heterocycles. The average molecular weight is 515 g/mol. The smallest absolute Gasteiger partial charge is 0.191 e. The fourth-order valence-electron chi connectivity index (χ4n) is 4.15. The fraction of sp³-hybridized carbons (Fsp3) is 0.682. The van der Waals surface area contributed by atoms with Crippen LogP contribution >= 0.6 is 24.0 Å². The van der Waals surface area contributed by atoms with Gasteiger partial charge in [-0.1, -0.05) is 26.0 Å². The monoisotopic (exact) mass is 515 g/mol. The molecule has 1 atom stereocenters. The van der Waals surface area contributed by atoms with Gasteiger partial charge in [0.05, 0.1) is 12.7 Å². The zero-order valence-corrected chi connectivity index (χ0v) is 20.7. The standard InChI is InChI=1S/C22H37N5O.HI/c1-17(2)15-27-10-11-28-20(16-27)14-25-22(23-3)24-13-18-7-8-21-19(12-18)6-5-9-26(21)4;/h7-8,12,17,20H,5-6,9-11,13-16H2,1-4H3,(H2,23,24,25);1H. The van der Waals surface area contributed by atoms with Crippen LogP contribution < -0.4 is 15.5 Å². The Morgan fingerprint density at radius 3 is 2.86 bits per heavy atom. The van der Waals surface area contributed by atoms with Gasteiger partial charge >= 0.3 is 0 Å². The maximum Gasteiger partial charge on any atom is 0.191 e. The van der Waals surface area contributed by atoms with Crippen LogP contribution in [-0.2, 0) is 17.7 Å². The van der Waals surface area contributed by atoms with E-state index in [0.717, 1.165) is 51.8 Å². The van der Waals surface area contributed by atoms with Gasteiger partial charge in [0.15, 0.2) is 5.96 Å². The summed E-state index contributed by atoms with van der Waals surface area (Å²) in [5.74, 6) is 1.52. The van der Waals surface area contributed by atoms with Crippen LogP contribution in [0.1, 0.15) is 31.4 Å². The number of halogens is 1. The normalized spacial score (nSPS) is 20.2. The Morgan fingerprint density at radius 1 is 1.28 bits per heavy atom. The minimum atomic E-state index is 0. The van der Waals surface area contributed by atoms with Gasteiger partial charge in [0, 0.05) is 59.1 Å². The average Bonchev–Trinajstić information content (AvgIpc) is 2.68. The largest absolute Gasteiger partial charge is 0.374 e. The molecule has 1 unspecified atom stereocenters. The van der Waals surface area contributed by atoms with Crippen molar-refractivity contribution >= 4 is 35.6 Å². The van der Waals surface area contributed by atoms with E-state index in [4.69, 9.17) is 4.74 Å². The molecule has 0 aliphatic carbocycles. The number of rotatable bonds is 6. The lowest BCUT2D eigenvalue weighted by molar-refractivity contribution is -0.0284. The Bertz CT molecular complexity index is 667. The highest BCUT2D eigenvalue weighted by atomic mass is 127. The van der Waals surface area contributed by atoms with Gasteiger partial charge in [-0.25, -0.2) is 0 Å². The molecule has 1 fully saturated rings. The number of fused-ring (bicyclic) bond motifs is 1. The number of hydrogen-bond acceptors (Lipinski definition) is 4. The van der Waals surface area contributed by atoms with Crippen molar-refractivity contribution in [2.45, 2.75) is 39.3 Å². The second-order valence-electron chi connectivity index (χ2n) is 8.44. The lowest BCUT2D eigenvalue weighted by Crippen LogP contribution is -2.50. The molecule has 0 spiro atoms.